The highest BCUT2D eigenvalue weighted by Crippen LogP contribution is 2.53. The predicted molar refractivity (Wildman–Crippen MR) is 200 cm³/mol. The van der Waals surface area contributed by atoms with E-state index in [1.54, 1.807) is 0 Å². The molecule has 4 nitrogen and oxygen atoms in total. The number of fused-ring (bicyclic) bond motifs is 9. The zero-order valence-corrected chi connectivity index (χ0v) is 26.2. The molecule has 0 radical (unpaired) electrons. The standard InChI is InChI=1S/C45H25N3O/c1-3-11-29-23-31(21-19-26(29)9-1)43-46-44(32-22-20-27-10-2-4-12-30(27)24-32)48-45(47-43)37-25-36-33-16-7-13-28-14-8-17-35(39(28)33)41(36)42-40(37)34-15-5-6-18-38(34)49-42/h1-25H. The normalized spacial score (nSPS) is 12.1. The Balaban J connectivity index is 1.24. The fourth-order valence-corrected chi connectivity index (χ4v) is 7.74. The molecule has 10 aromatic rings. The molecule has 4 heteroatoms. The first-order chi connectivity index (χ1) is 24.3. The monoisotopic (exact) mass is 623 g/mol. The number of rotatable bonds is 3. The van der Waals surface area contributed by atoms with Gasteiger partial charge in [-0.15, -0.1) is 0 Å². The Hall–Kier alpha value is -6.65. The number of benzene rings is 8. The second kappa shape index (κ2) is 9.93. The molecule has 0 amide bonds. The van der Waals surface area contributed by atoms with E-state index in [1.165, 1.54) is 32.7 Å². The second-order valence-corrected chi connectivity index (χ2v) is 12.8. The zero-order valence-electron chi connectivity index (χ0n) is 26.2. The smallest absolute Gasteiger partial charge is 0.164 e. The molecule has 49 heavy (non-hydrogen) atoms. The lowest BCUT2D eigenvalue weighted by Crippen LogP contribution is -2.01. The van der Waals surface area contributed by atoms with Crippen LogP contribution in [0.2, 0.25) is 0 Å². The first-order valence-electron chi connectivity index (χ1n) is 16.5. The Labute approximate surface area is 281 Å². The van der Waals surface area contributed by atoms with Crippen LogP contribution in [-0.4, -0.2) is 15.0 Å². The summed E-state index contributed by atoms with van der Waals surface area (Å²) in [4.78, 5) is 15.7. The number of hydrogen-bond acceptors (Lipinski definition) is 4. The summed E-state index contributed by atoms with van der Waals surface area (Å²) in [5.74, 6) is 1.88. The van der Waals surface area contributed by atoms with Crippen LogP contribution in [0.3, 0.4) is 0 Å². The molecule has 8 aromatic carbocycles. The summed E-state index contributed by atoms with van der Waals surface area (Å²) >= 11 is 0. The Morgan fingerprint density at radius 2 is 0.939 bits per heavy atom. The van der Waals surface area contributed by atoms with Crippen molar-refractivity contribution in [2.45, 2.75) is 0 Å². The molecule has 0 spiro atoms. The first-order valence-corrected chi connectivity index (χ1v) is 16.5. The molecule has 226 valence electrons. The van der Waals surface area contributed by atoms with Crippen LogP contribution in [-0.2, 0) is 0 Å². The molecule has 0 atom stereocenters. The predicted octanol–water partition coefficient (Wildman–Crippen LogP) is 11.9. The van der Waals surface area contributed by atoms with E-state index in [1.807, 2.05) is 12.1 Å². The Morgan fingerprint density at radius 1 is 0.367 bits per heavy atom. The minimum Gasteiger partial charge on any atom is -0.455 e. The van der Waals surface area contributed by atoms with Crippen LogP contribution >= 0.6 is 0 Å². The van der Waals surface area contributed by atoms with Crippen molar-refractivity contribution in [3.05, 3.63) is 152 Å². The lowest BCUT2D eigenvalue weighted by atomic mass is 9.95. The molecule has 2 heterocycles. The van der Waals surface area contributed by atoms with E-state index in [4.69, 9.17) is 19.4 Å². The van der Waals surface area contributed by atoms with Gasteiger partial charge in [0.15, 0.2) is 17.5 Å². The van der Waals surface area contributed by atoms with Crippen LogP contribution in [0.25, 0.3) is 111 Å². The van der Waals surface area contributed by atoms with E-state index >= 15 is 0 Å². The van der Waals surface area contributed by atoms with Crippen molar-refractivity contribution in [2.24, 2.45) is 0 Å². The highest BCUT2D eigenvalue weighted by molar-refractivity contribution is 6.26. The Bertz CT molecular complexity index is 2910. The zero-order chi connectivity index (χ0) is 32.1. The van der Waals surface area contributed by atoms with E-state index in [9.17, 15) is 0 Å². The van der Waals surface area contributed by atoms with Crippen LogP contribution < -0.4 is 0 Å². The number of para-hydroxylation sites is 1. The van der Waals surface area contributed by atoms with Gasteiger partial charge in [-0.3, -0.25) is 0 Å². The second-order valence-electron chi connectivity index (χ2n) is 12.8. The molecule has 0 bridgehead atoms. The minimum absolute atomic E-state index is 0.615. The van der Waals surface area contributed by atoms with Crippen LogP contribution in [0.1, 0.15) is 0 Å². The van der Waals surface area contributed by atoms with Gasteiger partial charge in [0.1, 0.15) is 11.2 Å². The lowest BCUT2D eigenvalue weighted by molar-refractivity contribution is 0.670. The summed E-state index contributed by atoms with van der Waals surface area (Å²) in [6.07, 6.45) is 0. The third-order valence-electron chi connectivity index (χ3n) is 10.0. The van der Waals surface area contributed by atoms with Crippen LogP contribution in [0.15, 0.2) is 156 Å². The minimum atomic E-state index is 0.615. The number of furan rings is 1. The molecule has 0 aliphatic heterocycles. The van der Waals surface area contributed by atoms with Gasteiger partial charge in [-0.2, -0.15) is 0 Å². The van der Waals surface area contributed by atoms with Crippen LogP contribution in [0, 0.1) is 0 Å². The summed E-state index contributed by atoms with van der Waals surface area (Å²) in [5, 5.41) is 9.15. The van der Waals surface area contributed by atoms with E-state index in [0.717, 1.165) is 60.5 Å². The maximum absolute atomic E-state index is 6.77. The molecular weight excluding hydrogens is 599 g/mol. The average Bonchev–Trinajstić information content (AvgIpc) is 3.71. The summed E-state index contributed by atoms with van der Waals surface area (Å²) < 4.78 is 6.77. The van der Waals surface area contributed by atoms with Crippen molar-refractivity contribution in [2.75, 3.05) is 0 Å². The molecule has 2 aromatic heterocycles. The SMILES string of the molecule is c1ccc2cc(-c3nc(-c4ccc5ccccc5c4)nc(-c4cc5c(c6oc7ccccc7c46)-c4cccc6cccc-5c46)n3)ccc2c1. The number of aromatic nitrogens is 3. The largest absolute Gasteiger partial charge is 0.455 e. The van der Waals surface area contributed by atoms with Crippen molar-refractivity contribution < 1.29 is 4.42 Å². The van der Waals surface area contributed by atoms with Crippen molar-refractivity contribution in [1.29, 1.82) is 0 Å². The van der Waals surface area contributed by atoms with Gasteiger partial charge in [-0.1, -0.05) is 127 Å². The molecule has 0 N–H and O–H groups in total. The van der Waals surface area contributed by atoms with E-state index in [0.29, 0.717) is 17.5 Å². The van der Waals surface area contributed by atoms with Crippen LogP contribution in [0.5, 0.6) is 0 Å². The van der Waals surface area contributed by atoms with Gasteiger partial charge in [0, 0.05) is 33.0 Å². The molecule has 11 rings (SSSR count). The summed E-state index contributed by atoms with van der Waals surface area (Å²) in [6, 6.07) is 53.2. The van der Waals surface area contributed by atoms with E-state index in [-0.39, 0.29) is 0 Å². The fraction of sp³-hybridized carbons (Fsp3) is 0. The molecule has 1 aliphatic carbocycles. The summed E-state index contributed by atoms with van der Waals surface area (Å²) in [7, 11) is 0. The number of hydrogen-bond donors (Lipinski definition) is 0. The molecule has 0 saturated heterocycles. The summed E-state index contributed by atoms with van der Waals surface area (Å²) in [5.41, 5.74) is 9.16. The van der Waals surface area contributed by atoms with E-state index in [2.05, 4.69) is 140 Å². The average molecular weight is 624 g/mol. The van der Waals surface area contributed by atoms with Crippen molar-refractivity contribution in [3.63, 3.8) is 0 Å². The first kappa shape index (κ1) is 26.4. The third kappa shape index (κ3) is 3.89. The van der Waals surface area contributed by atoms with Gasteiger partial charge in [0.05, 0.1) is 0 Å². The molecular formula is C45H25N3O. The lowest BCUT2D eigenvalue weighted by Gasteiger charge is -2.12. The molecule has 0 unspecified atom stereocenters. The third-order valence-corrected chi connectivity index (χ3v) is 10.0. The fourth-order valence-electron chi connectivity index (χ4n) is 7.74. The van der Waals surface area contributed by atoms with Crippen molar-refractivity contribution >= 4 is 54.3 Å². The molecule has 0 saturated carbocycles. The maximum Gasteiger partial charge on any atom is 0.164 e. The van der Waals surface area contributed by atoms with Crippen molar-refractivity contribution in [1.82, 2.24) is 15.0 Å². The van der Waals surface area contributed by atoms with Gasteiger partial charge < -0.3 is 4.42 Å². The maximum atomic E-state index is 6.77. The Kier molecular flexibility index (Phi) is 5.35. The van der Waals surface area contributed by atoms with Crippen molar-refractivity contribution in [3.8, 4) is 56.4 Å². The number of nitrogens with zero attached hydrogens (tertiary/aromatic N) is 3. The van der Waals surface area contributed by atoms with Gasteiger partial charge in [-0.05, 0) is 73.3 Å². The highest BCUT2D eigenvalue weighted by atomic mass is 16.3. The highest BCUT2D eigenvalue weighted by Gasteiger charge is 2.29. The quantitative estimate of drug-likeness (QED) is 0.196. The van der Waals surface area contributed by atoms with E-state index < -0.39 is 0 Å². The molecule has 1 aliphatic rings. The van der Waals surface area contributed by atoms with Gasteiger partial charge in [-0.25, -0.2) is 15.0 Å². The van der Waals surface area contributed by atoms with Crippen LogP contribution in [0.4, 0.5) is 0 Å². The topological polar surface area (TPSA) is 51.8 Å². The van der Waals surface area contributed by atoms with Gasteiger partial charge >= 0.3 is 0 Å². The molecule has 0 fully saturated rings. The van der Waals surface area contributed by atoms with Gasteiger partial charge in [0.25, 0.3) is 0 Å². The summed E-state index contributed by atoms with van der Waals surface area (Å²) in [6.45, 7) is 0. The Morgan fingerprint density at radius 3 is 1.63 bits per heavy atom. The van der Waals surface area contributed by atoms with Gasteiger partial charge in [0.2, 0.25) is 0 Å².